The quantitative estimate of drug-likeness (QED) is 0.445. The lowest BCUT2D eigenvalue weighted by atomic mass is 9.35. The second-order valence-corrected chi connectivity index (χ2v) is 17.0. The van der Waals surface area contributed by atoms with E-state index >= 15 is 0 Å². The SMILES string of the molecule is [C-]#[N+]C1=C[C@]2(C)C3=CC(=O)C4C5CC(C)(C)CC[C@]5(NS(C)(=O)=O)CC[C@@]4(C)[C@]3(C)CC[C@H]2C(C)(C)C1=O. The highest BCUT2D eigenvalue weighted by molar-refractivity contribution is 7.88. The lowest BCUT2D eigenvalue weighted by molar-refractivity contribution is -0.159. The van der Waals surface area contributed by atoms with E-state index in [4.69, 9.17) is 6.57 Å². The maximum absolute atomic E-state index is 14.4. The molecule has 0 bridgehead atoms. The van der Waals surface area contributed by atoms with E-state index < -0.39 is 26.4 Å². The predicted molar refractivity (Wildman–Crippen MR) is 148 cm³/mol. The molecule has 2 unspecified atom stereocenters. The number of fused-ring (bicyclic) bond motifs is 7. The van der Waals surface area contributed by atoms with Crippen LogP contribution in [0.15, 0.2) is 23.4 Å². The van der Waals surface area contributed by atoms with E-state index in [1.54, 1.807) is 0 Å². The molecule has 7 atom stereocenters. The molecular formula is C31H44N2O4S. The van der Waals surface area contributed by atoms with Crippen molar-refractivity contribution in [2.24, 2.45) is 44.8 Å². The number of hydrogen-bond donors (Lipinski definition) is 1. The van der Waals surface area contributed by atoms with Crippen LogP contribution in [0.25, 0.3) is 4.85 Å². The first kappa shape index (κ1) is 27.8. The summed E-state index contributed by atoms with van der Waals surface area (Å²) in [5, 5.41) is 0. The van der Waals surface area contributed by atoms with Crippen LogP contribution in [-0.2, 0) is 19.6 Å². The molecule has 0 amide bonds. The van der Waals surface area contributed by atoms with Gasteiger partial charge in [-0.15, -0.1) is 0 Å². The average molecular weight is 541 g/mol. The van der Waals surface area contributed by atoms with Crippen LogP contribution in [0, 0.1) is 51.4 Å². The number of ketones is 2. The summed E-state index contributed by atoms with van der Waals surface area (Å²) in [4.78, 5) is 31.2. The Morgan fingerprint density at radius 2 is 1.61 bits per heavy atom. The van der Waals surface area contributed by atoms with Gasteiger partial charge in [0.05, 0.1) is 12.8 Å². The molecule has 3 fully saturated rings. The monoisotopic (exact) mass is 540 g/mol. The Morgan fingerprint density at radius 1 is 0.974 bits per heavy atom. The first-order valence-corrected chi connectivity index (χ1v) is 16.1. The van der Waals surface area contributed by atoms with Crippen molar-refractivity contribution in [1.82, 2.24) is 4.72 Å². The molecule has 5 aliphatic carbocycles. The Morgan fingerprint density at radius 3 is 2.21 bits per heavy atom. The Hall–Kier alpha value is -1.78. The van der Waals surface area contributed by atoms with Crippen LogP contribution in [0.4, 0.5) is 0 Å². The maximum atomic E-state index is 14.4. The normalized spacial score (nSPS) is 45.4. The van der Waals surface area contributed by atoms with E-state index in [0.717, 1.165) is 50.5 Å². The van der Waals surface area contributed by atoms with Gasteiger partial charge in [-0.3, -0.25) is 4.79 Å². The lowest BCUT2D eigenvalue weighted by Crippen LogP contribution is -2.69. The van der Waals surface area contributed by atoms with Crippen molar-refractivity contribution in [2.75, 3.05) is 6.26 Å². The summed E-state index contributed by atoms with van der Waals surface area (Å²) in [7, 11) is -3.45. The number of nitrogens with zero attached hydrogens (tertiary/aromatic N) is 1. The van der Waals surface area contributed by atoms with Crippen LogP contribution in [0.2, 0.25) is 0 Å². The molecule has 0 aliphatic heterocycles. The Kier molecular flexibility index (Phi) is 5.78. The zero-order valence-corrected chi connectivity index (χ0v) is 25.1. The molecule has 0 spiro atoms. The third-order valence-corrected chi connectivity index (χ3v) is 13.0. The van der Waals surface area contributed by atoms with E-state index in [2.05, 4.69) is 44.2 Å². The van der Waals surface area contributed by atoms with Gasteiger partial charge in [0, 0.05) is 22.3 Å². The zero-order valence-electron chi connectivity index (χ0n) is 24.3. The number of hydrogen-bond acceptors (Lipinski definition) is 4. The molecule has 0 aromatic carbocycles. The molecule has 5 aliphatic rings. The van der Waals surface area contributed by atoms with Crippen LogP contribution < -0.4 is 4.72 Å². The van der Waals surface area contributed by atoms with Gasteiger partial charge in [-0.2, -0.15) is 0 Å². The maximum Gasteiger partial charge on any atom is 0.226 e. The van der Waals surface area contributed by atoms with Crippen molar-refractivity contribution in [3.05, 3.63) is 34.8 Å². The molecule has 6 nitrogen and oxygen atoms in total. The summed E-state index contributed by atoms with van der Waals surface area (Å²) in [5.41, 5.74) is -1.18. The molecular weight excluding hydrogens is 496 g/mol. The minimum Gasteiger partial charge on any atom is -0.307 e. The van der Waals surface area contributed by atoms with E-state index in [9.17, 15) is 18.0 Å². The predicted octanol–water partition coefficient (Wildman–Crippen LogP) is 5.86. The minimum absolute atomic E-state index is 0.0171. The highest BCUT2D eigenvalue weighted by Crippen LogP contribution is 2.73. The largest absolute Gasteiger partial charge is 0.307 e. The highest BCUT2D eigenvalue weighted by atomic mass is 32.2. The third kappa shape index (κ3) is 3.54. The van der Waals surface area contributed by atoms with Crippen molar-refractivity contribution < 1.29 is 18.0 Å². The number of carbonyl (C=O) groups excluding carboxylic acids is 2. The fourth-order valence-corrected chi connectivity index (χ4v) is 11.2. The third-order valence-electron chi connectivity index (χ3n) is 12.2. The second kappa shape index (κ2) is 7.91. The van der Waals surface area contributed by atoms with Crippen LogP contribution in [0.5, 0.6) is 0 Å². The Balaban J connectivity index is 1.70. The van der Waals surface area contributed by atoms with Gasteiger partial charge in [-0.25, -0.2) is 18.0 Å². The summed E-state index contributed by atoms with van der Waals surface area (Å²) in [6.45, 7) is 22.9. The van der Waals surface area contributed by atoms with Gasteiger partial charge < -0.3 is 4.79 Å². The van der Waals surface area contributed by atoms with E-state index in [-0.39, 0.29) is 51.3 Å². The number of nitrogens with one attached hydrogen (secondary N) is 1. The first-order chi connectivity index (χ1) is 17.3. The van der Waals surface area contributed by atoms with Crippen molar-refractivity contribution in [2.45, 2.75) is 99.0 Å². The summed E-state index contributed by atoms with van der Waals surface area (Å²) >= 11 is 0. The van der Waals surface area contributed by atoms with Crippen LogP contribution >= 0.6 is 0 Å². The van der Waals surface area contributed by atoms with Gasteiger partial charge in [0.2, 0.25) is 15.7 Å². The van der Waals surface area contributed by atoms with E-state index in [1.807, 2.05) is 26.0 Å². The molecule has 0 aromatic rings. The molecule has 0 aromatic heterocycles. The van der Waals surface area contributed by atoms with Crippen LogP contribution in [-0.4, -0.2) is 31.8 Å². The van der Waals surface area contributed by atoms with Crippen molar-refractivity contribution >= 4 is 21.6 Å². The standard InChI is InChI=1S/C31H44N2O4S/c1-26(2)12-14-31(33-38(9,36)37)15-13-30(7)24(19(31)17-26)21(34)16-23-28(5)18-20(32-8)25(35)27(3,4)22(28)10-11-29(23,30)6/h16,18-19,22,24,33H,10-15,17H2,1-7,9H3/t19?,22-,24?,28-,29+,30+,31-/m0/s1. The number of sulfonamides is 1. The molecule has 0 radical (unpaired) electrons. The highest BCUT2D eigenvalue weighted by Gasteiger charge is 2.70. The fourth-order valence-electron chi connectivity index (χ4n) is 10.1. The summed E-state index contributed by atoms with van der Waals surface area (Å²) in [6, 6.07) is 0. The summed E-state index contributed by atoms with van der Waals surface area (Å²) in [5.74, 6) is -0.336. The molecule has 7 heteroatoms. The Labute approximate surface area is 229 Å². The van der Waals surface area contributed by atoms with Crippen molar-refractivity contribution in [1.29, 1.82) is 0 Å². The smallest absolute Gasteiger partial charge is 0.226 e. The number of allylic oxidation sites excluding steroid dienone is 4. The molecule has 1 N–H and O–H groups in total. The topological polar surface area (TPSA) is 84.7 Å². The Bertz CT molecular complexity index is 1330. The summed E-state index contributed by atoms with van der Waals surface area (Å²) in [6.07, 6.45) is 10.7. The van der Waals surface area contributed by atoms with Gasteiger partial charge in [0.15, 0.2) is 11.6 Å². The average Bonchev–Trinajstić information content (AvgIpc) is 2.78. The van der Waals surface area contributed by atoms with Gasteiger partial charge in [-0.05, 0) is 79.1 Å². The second-order valence-electron chi connectivity index (χ2n) is 15.3. The van der Waals surface area contributed by atoms with Crippen LogP contribution in [0.3, 0.4) is 0 Å². The summed E-state index contributed by atoms with van der Waals surface area (Å²) < 4.78 is 28.3. The number of Topliss-reactive ketones (excluding diaryl/α,β-unsaturated/α-hetero) is 1. The molecule has 38 heavy (non-hydrogen) atoms. The van der Waals surface area contributed by atoms with Gasteiger partial charge in [0.25, 0.3) is 0 Å². The van der Waals surface area contributed by atoms with E-state index in [0.29, 0.717) is 0 Å². The fraction of sp³-hybridized carbons (Fsp3) is 0.774. The van der Waals surface area contributed by atoms with Crippen LogP contribution in [0.1, 0.15) is 93.4 Å². The molecule has 0 saturated heterocycles. The zero-order chi connectivity index (χ0) is 28.3. The van der Waals surface area contributed by atoms with Gasteiger partial charge >= 0.3 is 0 Å². The van der Waals surface area contributed by atoms with Gasteiger partial charge in [-0.1, -0.05) is 60.1 Å². The van der Waals surface area contributed by atoms with Gasteiger partial charge in [0.1, 0.15) is 0 Å². The number of rotatable bonds is 2. The number of carbonyl (C=O) groups is 2. The van der Waals surface area contributed by atoms with Crippen molar-refractivity contribution in [3.8, 4) is 0 Å². The lowest BCUT2D eigenvalue weighted by Gasteiger charge is -2.69. The molecule has 0 heterocycles. The van der Waals surface area contributed by atoms with E-state index in [1.165, 1.54) is 6.26 Å². The molecule has 208 valence electrons. The molecule has 3 saturated carbocycles. The van der Waals surface area contributed by atoms with Crippen molar-refractivity contribution in [3.63, 3.8) is 0 Å². The molecule has 5 rings (SSSR count). The minimum atomic E-state index is -3.45. The first-order valence-electron chi connectivity index (χ1n) is 14.2.